The molecule has 11 heteroatoms. The molecule has 0 aromatic carbocycles. The number of rotatable bonds is 3. The van der Waals surface area contributed by atoms with Crippen LogP contribution in [-0.2, 0) is 26.0 Å². The summed E-state index contributed by atoms with van der Waals surface area (Å²) in [5.41, 5.74) is 0. The van der Waals surface area contributed by atoms with Gasteiger partial charge < -0.3 is 14.8 Å². The largest absolute Gasteiger partial charge is 1.00 e. The molecule has 9 nitrogen and oxygen atoms in total. The number of amides is 1. The van der Waals surface area contributed by atoms with Crippen molar-refractivity contribution in [1.29, 1.82) is 0 Å². The van der Waals surface area contributed by atoms with Crippen molar-refractivity contribution in [1.82, 2.24) is 19.9 Å². The van der Waals surface area contributed by atoms with Gasteiger partial charge in [0.15, 0.2) is 9.84 Å². The van der Waals surface area contributed by atoms with Gasteiger partial charge in [-0.1, -0.05) is 5.21 Å². The van der Waals surface area contributed by atoms with Gasteiger partial charge in [-0.05, 0) is 6.92 Å². The molecule has 1 aromatic heterocycles. The number of hydrogen-bond acceptors (Lipinski definition) is 7. The summed E-state index contributed by atoms with van der Waals surface area (Å²) in [6, 6.07) is -1.51. The second-order valence-electron chi connectivity index (χ2n) is 5.14. The van der Waals surface area contributed by atoms with Gasteiger partial charge in [0.2, 0.25) is 5.91 Å². The normalized spacial score (nSPS) is 33.0. The Kier molecular flexibility index (Phi) is 3.94. The van der Waals surface area contributed by atoms with Crippen LogP contribution in [0.4, 0.5) is 0 Å². The second-order valence-corrected chi connectivity index (χ2v) is 7.71. The third kappa shape index (κ3) is 2.04. The monoisotopic (exact) mass is 322 g/mol. The minimum Gasteiger partial charge on any atom is -0.548 e. The number of β-lactam (4-membered cyclic amide) rings is 1. The first-order valence-electron chi connectivity index (χ1n) is 5.88. The molecule has 2 fully saturated rings. The summed E-state index contributed by atoms with van der Waals surface area (Å²) in [5, 5.41) is 17.5. The third-order valence-electron chi connectivity index (χ3n) is 3.98. The summed E-state index contributed by atoms with van der Waals surface area (Å²) >= 11 is 0. The van der Waals surface area contributed by atoms with Crippen molar-refractivity contribution in [3.63, 3.8) is 0 Å². The van der Waals surface area contributed by atoms with Gasteiger partial charge in [0.05, 0.1) is 31.2 Å². The fraction of sp³-hybridized carbons (Fsp3) is 0.600. The molecule has 3 rings (SSSR count). The fourth-order valence-electron chi connectivity index (χ4n) is 2.91. The molecule has 3 atom stereocenters. The summed E-state index contributed by atoms with van der Waals surface area (Å²) in [6.45, 7) is 1.10. The van der Waals surface area contributed by atoms with Crippen molar-refractivity contribution in [3.8, 4) is 0 Å². The molecule has 1 amide bonds. The molecule has 2 aliphatic heterocycles. The maximum atomic E-state index is 12.5. The molecule has 2 aliphatic rings. The average molecular weight is 322 g/mol. The van der Waals surface area contributed by atoms with Gasteiger partial charge >= 0.3 is 29.6 Å². The van der Waals surface area contributed by atoms with E-state index < -0.39 is 37.9 Å². The van der Waals surface area contributed by atoms with E-state index in [0.29, 0.717) is 0 Å². The Labute approximate surface area is 142 Å². The molecular weight excluding hydrogens is 311 g/mol. The van der Waals surface area contributed by atoms with Crippen LogP contribution in [0.1, 0.15) is 13.3 Å². The fourth-order valence-corrected chi connectivity index (χ4v) is 5.26. The Morgan fingerprint density at radius 3 is 2.71 bits per heavy atom. The quantitative estimate of drug-likeness (QED) is 0.401. The van der Waals surface area contributed by atoms with Gasteiger partial charge in [-0.15, -0.1) is 5.10 Å². The molecule has 3 heterocycles. The first-order valence-corrected chi connectivity index (χ1v) is 7.43. The number of nitrogens with zero attached hydrogens (tertiary/aromatic N) is 4. The topological polar surface area (TPSA) is 125 Å². The van der Waals surface area contributed by atoms with E-state index in [2.05, 4.69) is 10.3 Å². The van der Waals surface area contributed by atoms with Crippen molar-refractivity contribution < 1.29 is 52.7 Å². The van der Waals surface area contributed by atoms with Crippen LogP contribution in [0.2, 0.25) is 0 Å². The van der Waals surface area contributed by atoms with Crippen LogP contribution in [0.25, 0.3) is 0 Å². The number of hydrogen-bond donors (Lipinski definition) is 0. The number of sulfone groups is 1. The Balaban J connectivity index is 0.00000161. The maximum absolute atomic E-state index is 12.5. The maximum Gasteiger partial charge on any atom is 1.00 e. The van der Waals surface area contributed by atoms with Gasteiger partial charge in [-0.2, -0.15) is 0 Å². The number of carbonyl (C=O) groups is 2. The van der Waals surface area contributed by atoms with Crippen molar-refractivity contribution in [2.24, 2.45) is 0 Å². The molecule has 0 bridgehead atoms. The zero-order chi connectivity index (χ0) is 14.7. The zero-order valence-corrected chi connectivity index (χ0v) is 14.3. The van der Waals surface area contributed by atoms with E-state index >= 15 is 0 Å². The number of carboxylic acid groups (broad SMARTS) is 1. The van der Waals surface area contributed by atoms with E-state index in [4.69, 9.17) is 0 Å². The van der Waals surface area contributed by atoms with E-state index in [1.807, 2.05) is 0 Å². The first kappa shape index (κ1) is 16.4. The Morgan fingerprint density at radius 1 is 1.57 bits per heavy atom. The van der Waals surface area contributed by atoms with Crippen LogP contribution in [-0.4, -0.2) is 56.4 Å². The van der Waals surface area contributed by atoms with Gasteiger partial charge in [0.1, 0.15) is 10.1 Å². The second kappa shape index (κ2) is 5.04. The van der Waals surface area contributed by atoms with Gasteiger partial charge in [0, 0.05) is 6.20 Å². The average Bonchev–Trinajstić information content (AvgIpc) is 2.87. The van der Waals surface area contributed by atoms with Gasteiger partial charge in [0.25, 0.3) is 0 Å². The van der Waals surface area contributed by atoms with E-state index in [9.17, 15) is 23.1 Å². The Morgan fingerprint density at radius 2 is 2.24 bits per heavy atom. The van der Waals surface area contributed by atoms with Gasteiger partial charge in [-0.25, -0.2) is 8.42 Å². The number of aromatic nitrogens is 3. The van der Waals surface area contributed by atoms with Crippen molar-refractivity contribution in [3.05, 3.63) is 12.4 Å². The first-order chi connectivity index (χ1) is 9.29. The Bertz CT molecular complexity index is 690. The summed E-state index contributed by atoms with van der Waals surface area (Å²) in [7, 11) is -3.84. The van der Waals surface area contributed by atoms with E-state index in [1.54, 1.807) is 0 Å². The SMILES string of the molecule is C[C@]1(Cn2ccnn2)C(C(=O)[O-])N2C(=O)CC2S1(=O)=O.[Na+]. The molecule has 0 spiro atoms. The minimum absolute atomic E-state index is 0. The number of carboxylic acids is 1. The third-order valence-corrected chi connectivity index (χ3v) is 6.75. The molecule has 1 aromatic rings. The molecule has 0 radical (unpaired) electrons. The summed E-state index contributed by atoms with van der Waals surface area (Å²) in [5.74, 6) is -2.07. The minimum atomic E-state index is -3.84. The van der Waals surface area contributed by atoms with Crippen LogP contribution in [0.15, 0.2) is 12.4 Å². The number of carbonyl (C=O) groups excluding carboxylic acids is 2. The molecule has 0 saturated carbocycles. The van der Waals surface area contributed by atoms with Crippen LogP contribution < -0.4 is 34.7 Å². The predicted molar refractivity (Wildman–Crippen MR) is 61.4 cm³/mol. The van der Waals surface area contributed by atoms with Gasteiger partial charge in [-0.3, -0.25) is 9.48 Å². The van der Waals surface area contributed by atoms with Crippen LogP contribution >= 0.6 is 0 Å². The van der Waals surface area contributed by atoms with E-state index in [-0.39, 0.29) is 42.5 Å². The molecule has 21 heavy (non-hydrogen) atoms. The standard InChI is InChI=1S/C10H12N4O5S.Na/c1-10(5-13-3-2-11-12-13)8(9(16)17)14-6(15)4-7(14)20(10,18)19;/h2-3,7-8H,4-5H2,1H3,(H,16,17);/q;+1/p-1/t7?,8?,10-;/m0./s1. The van der Waals surface area contributed by atoms with Crippen LogP contribution in [0.3, 0.4) is 0 Å². The zero-order valence-electron chi connectivity index (χ0n) is 11.5. The summed E-state index contributed by atoms with van der Waals surface area (Å²) in [6.07, 6.45) is 2.61. The molecular formula is C10H11N4NaO5S. The molecule has 0 N–H and O–H groups in total. The number of aliphatic carboxylic acids is 1. The van der Waals surface area contributed by atoms with Crippen molar-refractivity contribution in [2.45, 2.75) is 36.1 Å². The van der Waals surface area contributed by atoms with E-state index in [1.165, 1.54) is 24.0 Å². The molecule has 108 valence electrons. The smallest absolute Gasteiger partial charge is 0.548 e. The van der Waals surface area contributed by atoms with Crippen LogP contribution in [0, 0.1) is 0 Å². The molecule has 2 unspecified atom stereocenters. The predicted octanol–water partition coefficient (Wildman–Crippen LogP) is -5.85. The molecule has 0 aliphatic carbocycles. The van der Waals surface area contributed by atoms with E-state index in [0.717, 1.165) is 4.90 Å². The molecule has 2 saturated heterocycles. The van der Waals surface area contributed by atoms with Crippen molar-refractivity contribution in [2.75, 3.05) is 0 Å². The van der Waals surface area contributed by atoms with Crippen molar-refractivity contribution >= 4 is 21.7 Å². The Hall–Kier alpha value is -0.970. The summed E-state index contributed by atoms with van der Waals surface area (Å²) in [4.78, 5) is 23.8. The number of fused-ring (bicyclic) bond motifs is 1. The van der Waals surface area contributed by atoms with Crippen LogP contribution in [0.5, 0.6) is 0 Å². The summed E-state index contributed by atoms with van der Waals surface area (Å²) < 4.78 is 24.6.